The van der Waals surface area contributed by atoms with Crippen molar-refractivity contribution >= 4 is 47.0 Å². The molecule has 0 N–H and O–H groups in total. The van der Waals surface area contributed by atoms with Gasteiger partial charge < -0.3 is 0 Å². The van der Waals surface area contributed by atoms with Gasteiger partial charge in [0.05, 0.1) is 0 Å². The van der Waals surface area contributed by atoms with Gasteiger partial charge in [0.25, 0.3) is 0 Å². The highest BCUT2D eigenvalue weighted by Gasteiger charge is 2.27. The summed E-state index contributed by atoms with van der Waals surface area (Å²) in [6.07, 6.45) is 5.43. The molecular formula is C18H12Cl3N3. The summed E-state index contributed by atoms with van der Waals surface area (Å²) in [6, 6.07) is 17.9. The van der Waals surface area contributed by atoms with Gasteiger partial charge in [-0.25, -0.2) is 15.0 Å². The van der Waals surface area contributed by atoms with Crippen molar-refractivity contribution in [3.8, 4) is 11.4 Å². The maximum atomic E-state index is 5.81. The smallest absolute Gasteiger partial charge is 0.217 e. The molecule has 0 spiro atoms. The van der Waals surface area contributed by atoms with E-state index in [4.69, 9.17) is 34.8 Å². The minimum absolute atomic E-state index is 0.102. The van der Waals surface area contributed by atoms with Crippen LogP contribution in [-0.2, 0) is 3.79 Å². The van der Waals surface area contributed by atoms with Crippen LogP contribution < -0.4 is 0 Å². The minimum atomic E-state index is -1.67. The Morgan fingerprint density at radius 1 is 0.750 bits per heavy atom. The Kier molecular flexibility index (Phi) is 5.14. The third-order valence-corrected chi connectivity index (χ3v) is 3.77. The van der Waals surface area contributed by atoms with E-state index < -0.39 is 3.79 Å². The third-order valence-electron chi connectivity index (χ3n) is 3.26. The minimum Gasteiger partial charge on any atom is -0.217 e. The maximum absolute atomic E-state index is 5.81. The Bertz CT molecular complexity index is 841. The van der Waals surface area contributed by atoms with Crippen LogP contribution in [0, 0.1) is 0 Å². The highest BCUT2D eigenvalue weighted by molar-refractivity contribution is 6.66. The zero-order valence-corrected chi connectivity index (χ0v) is 14.7. The average Bonchev–Trinajstić information content (AvgIpc) is 2.61. The lowest BCUT2D eigenvalue weighted by Gasteiger charge is -2.09. The summed E-state index contributed by atoms with van der Waals surface area (Å²) in [4.78, 5) is 12.2. The van der Waals surface area contributed by atoms with Crippen molar-refractivity contribution in [1.29, 1.82) is 0 Å². The number of aromatic nitrogens is 3. The van der Waals surface area contributed by atoms with Crippen LogP contribution in [0.1, 0.15) is 17.0 Å². The van der Waals surface area contributed by atoms with E-state index in [0.717, 1.165) is 16.7 Å². The molecule has 24 heavy (non-hydrogen) atoms. The molecule has 0 atom stereocenters. The Morgan fingerprint density at radius 2 is 1.38 bits per heavy atom. The van der Waals surface area contributed by atoms with Crippen molar-refractivity contribution in [1.82, 2.24) is 15.0 Å². The van der Waals surface area contributed by atoms with Crippen LogP contribution in [0.15, 0.2) is 60.9 Å². The summed E-state index contributed by atoms with van der Waals surface area (Å²) >= 11 is 17.4. The van der Waals surface area contributed by atoms with E-state index in [-0.39, 0.29) is 5.82 Å². The van der Waals surface area contributed by atoms with E-state index in [1.807, 2.05) is 60.7 Å². The molecule has 3 nitrogen and oxygen atoms in total. The second kappa shape index (κ2) is 7.31. The summed E-state index contributed by atoms with van der Waals surface area (Å²) in [5.41, 5.74) is 3.04. The van der Waals surface area contributed by atoms with Crippen LogP contribution in [0.2, 0.25) is 0 Å². The normalized spacial score (nSPS) is 11.8. The van der Waals surface area contributed by atoms with Gasteiger partial charge >= 0.3 is 0 Å². The lowest BCUT2D eigenvalue weighted by atomic mass is 10.1. The number of alkyl halides is 3. The number of hydrogen-bond donors (Lipinski definition) is 0. The topological polar surface area (TPSA) is 38.7 Å². The first-order valence-corrected chi connectivity index (χ1v) is 8.25. The maximum Gasteiger partial charge on any atom is 0.250 e. The lowest BCUT2D eigenvalue weighted by molar-refractivity contribution is 0.924. The predicted molar refractivity (Wildman–Crippen MR) is 99.9 cm³/mol. The van der Waals surface area contributed by atoms with Gasteiger partial charge in [-0.3, -0.25) is 0 Å². The van der Waals surface area contributed by atoms with Gasteiger partial charge in [-0.05, 0) is 11.1 Å². The average molecular weight is 377 g/mol. The first-order chi connectivity index (χ1) is 11.5. The fourth-order valence-corrected chi connectivity index (χ4v) is 2.35. The van der Waals surface area contributed by atoms with Crippen LogP contribution in [0.3, 0.4) is 0 Å². The molecule has 0 radical (unpaired) electrons. The number of halogens is 3. The lowest BCUT2D eigenvalue weighted by Crippen LogP contribution is -2.08. The number of rotatable bonds is 3. The molecule has 0 aliphatic rings. The zero-order chi connectivity index (χ0) is 17.0. The van der Waals surface area contributed by atoms with Crippen molar-refractivity contribution in [2.75, 3.05) is 0 Å². The molecule has 0 bridgehead atoms. The monoisotopic (exact) mass is 375 g/mol. The molecule has 0 fully saturated rings. The highest BCUT2D eigenvalue weighted by atomic mass is 35.6. The Balaban J connectivity index is 1.81. The fourth-order valence-electron chi connectivity index (χ4n) is 2.07. The SMILES string of the molecule is ClC(Cl)(Cl)c1ncnc(-c2ccc(/C=C/c3ccccc3)cc2)n1. The molecule has 3 rings (SSSR count). The molecule has 0 saturated carbocycles. The zero-order valence-electron chi connectivity index (χ0n) is 12.4. The van der Waals surface area contributed by atoms with Crippen molar-refractivity contribution in [3.05, 3.63) is 77.9 Å². The van der Waals surface area contributed by atoms with Crippen LogP contribution in [-0.4, -0.2) is 15.0 Å². The van der Waals surface area contributed by atoms with E-state index in [1.165, 1.54) is 6.33 Å². The van der Waals surface area contributed by atoms with Gasteiger partial charge in [0.2, 0.25) is 3.79 Å². The summed E-state index contributed by atoms with van der Waals surface area (Å²) < 4.78 is -1.67. The van der Waals surface area contributed by atoms with Crippen LogP contribution in [0.4, 0.5) is 0 Å². The summed E-state index contributed by atoms with van der Waals surface area (Å²) in [5.74, 6) is 0.565. The molecule has 6 heteroatoms. The van der Waals surface area contributed by atoms with Gasteiger partial charge in [-0.15, -0.1) is 0 Å². The molecule has 0 aliphatic carbocycles. The van der Waals surface area contributed by atoms with E-state index in [2.05, 4.69) is 21.0 Å². The quantitative estimate of drug-likeness (QED) is 0.445. The van der Waals surface area contributed by atoms with E-state index in [1.54, 1.807) is 0 Å². The molecule has 1 aromatic heterocycles. The van der Waals surface area contributed by atoms with E-state index in [9.17, 15) is 0 Å². The molecular weight excluding hydrogens is 365 g/mol. The Morgan fingerprint density at radius 3 is 2.00 bits per heavy atom. The number of nitrogens with zero attached hydrogens (tertiary/aromatic N) is 3. The van der Waals surface area contributed by atoms with Gasteiger partial charge in [0.15, 0.2) is 11.6 Å². The Hall–Kier alpha value is -1.94. The molecule has 2 aromatic carbocycles. The Labute approximate surface area is 155 Å². The summed E-state index contributed by atoms with van der Waals surface area (Å²) in [6.45, 7) is 0. The number of benzene rings is 2. The van der Waals surface area contributed by atoms with Crippen molar-refractivity contribution in [3.63, 3.8) is 0 Å². The van der Waals surface area contributed by atoms with Crippen LogP contribution in [0.5, 0.6) is 0 Å². The second-order valence-corrected chi connectivity index (χ2v) is 7.28. The standard InChI is InChI=1S/C18H12Cl3N3/c19-18(20,21)17-23-12-22-16(24-17)15-10-8-14(9-11-15)7-6-13-4-2-1-3-5-13/h1-12H/b7-6+. The van der Waals surface area contributed by atoms with Crippen LogP contribution in [0.25, 0.3) is 23.5 Å². The predicted octanol–water partition coefficient (Wildman–Crippen LogP) is 5.54. The summed E-state index contributed by atoms with van der Waals surface area (Å²) in [7, 11) is 0. The van der Waals surface area contributed by atoms with Gasteiger partial charge in [-0.1, -0.05) is 102 Å². The van der Waals surface area contributed by atoms with Crippen LogP contribution >= 0.6 is 34.8 Å². The van der Waals surface area contributed by atoms with Gasteiger partial charge in [-0.2, -0.15) is 0 Å². The van der Waals surface area contributed by atoms with E-state index in [0.29, 0.717) is 5.82 Å². The third kappa shape index (κ3) is 4.32. The highest BCUT2D eigenvalue weighted by Crippen LogP contribution is 2.35. The molecule has 3 aromatic rings. The largest absolute Gasteiger partial charge is 0.250 e. The first kappa shape index (κ1) is 16.9. The number of hydrogen-bond acceptors (Lipinski definition) is 3. The fraction of sp³-hybridized carbons (Fsp3) is 0.0556. The van der Waals surface area contributed by atoms with Crippen molar-refractivity contribution in [2.24, 2.45) is 0 Å². The van der Waals surface area contributed by atoms with Gasteiger partial charge in [0, 0.05) is 5.56 Å². The van der Waals surface area contributed by atoms with Crippen molar-refractivity contribution < 1.29 is 0 Å². The molecule has 0 saturated heterocycles. The van der Waals surface area contributed by atoms with E-state index >= 15 is 0 Å². The molecule has 1 heterocycles. The second-order valence-electron chi connectivity index (χ2n) is 5.00. The van der Waals surface area contributed by atoms with Crippen molar-refractivity contribution in [2.45, 2.75) is 3.79 Å². The molecule has 0 unspecified atom stereocenters. The molecule has 120 valence electrons. The first-order valence-electron chi connectivity index (χ1n) is 7.12. The molecule has 0 amide bonds. The van der Waals surface area contributed by atoms with Gasteiger partial charge in [0.1, 0.15) is 6.33 Å². The molecule has 0 aliphatic heterocycles. The summed E-state index contributed by atoms with van der Waals surface area (Å²) in [5, 5.41) is 0.